The van der Waals surface area contributed by atoms with Gasteiger partial charge in [-0.05, 0) is 30.9 Å². The van der Waals surface area contributed by atoms with Crippen LogP contribution in [0, 0.1) is 0 Å². The van der Waals surface area contributed by atoms with Crippen molar-refractivity contribution < 1.29 is 14.6 Å². The fourth-order valence-corrected chi connectivity index (χ4v) is 3.05. The Morgan fingerprint density at radius 2 is 2.11 bits per heavy atom. The van der Waals surface area contributed by atoms with E-state index >= 15 is 0 Å². The van der Waals surface area contributed by atoms with Gasteiger partial charge in [0.1, 0.15) is 12.2 Å². The van der Waals surface area contributed by atoms with Crippen molar-refractivity contribution in [2.75, 3.05) is 33.4 Å². The Hall–Kier alpha value is -1.43. The lowest BCUT2D eigenvalue weighted by Crippen LogP contribution is -2.44. The molecule has 0 radical (unpaired) electrons. The van der Waals surface area contributed by atoms with Gasteiger partial charge < -0.3 is 25.2 Å². The SMILES string of the molecule is CCNC(=NCc1ccc(OCCOC)nc1)NCC(C)(O)c1cccs1.I. The third kappa shape index (κ3) is 8.29. The Kier molecular flexibility index (Phi) is 11.4. The van der Waals surface area contributed by atoms with Crippen molar-refractivity contribution in [3.8, 4) is 5.88 Å². The van der Waals surface area contributed by atoms with Crippen molar-refractivity contribution in [2.24, 2.45) is 4.99 Å². The number of methoxy groups -OCH3 is 1. The molecule has 0 saturated carbocycles. The molecule has 0 aliphatic rings. The lowest BCUT2D eigenvalue weighted by atomic mass is 10.1. The average molecular weight is 520 g/mol. The van der Waals surface area contributed by atoms with E-state index in [9.17, 15) is 5.11 Å². The van der Waals surface area contributed by atoms with Gasteiger partial charge in [-0.3, -0.25) is 0 Å². The molecule has 0 fully saturated rings. The number of rotatable bonds is 10. The number of guanidine groups is 1. The van der Waals surface area contributed by atoms with Crippen LogP contribution in [0.3, 0.4) is 0 Å². The third-order valence-corrected chi connectivity index (χ3v) is 4.87. The second-order valence-corrected chi connectivity index (χ2v) is 7.09. The Morgan fingerprint density at radius 3 is 2.71 bits per heavy atom. The number of halogens is 1. The molecular formula is C19H29IN4O3S. The van der Waals surface area contributed by atoms with Crippen molar-refractivity contribution in [1.29, 1.82) is 0 Å². The van der Waals surface area contributed by atoms with Crippen LogP contribution in [0.4, 0.5) is 0 Å². The molecule has 1 atom stereocenters. The molecule has 0 aromatic carbocycles. The molecule has 1 unspecified atom stereocenters. The predicted molar refractivity (Wildman–Crippen MR) is 124 cm³/mol. The van der Waals surface area contributed by atoms with Crippen LogP contribution in [0.2, 0.25) is 0 Å². The number of aliphatic imine (C=N–C) groups is 1. The molecule has 2 aromatic rings. The van der Waals surface area contributed by atoms with Crippen molar-refractivity contribution in [2.45, 2.75) is 26.0 Å². The summed E-state index contributed by atoms with van der Waals surface area (Å²) in [6.07, 6.45) is 1.75. The number of ether oxygens (including phenoxy) is 2. The molecule has 156 valence electrons. The van der Waals surface area contributed by atoms with E-state index in [0.29, 0.717) is 38.1 Å². The lowest BCUT2D eigenvalue weighted by molar-refractivity contribution is 0.0655. The molecule has 0 aliphatic carbocycles. The second-order valence-electron chi connectivity index (χ2n) is 6.15. The first kappa shape index (κ1) is 24.6. The zero-order chi connectivity index (χ0) is 19.5. The van der Waals surface area contributed by atoms with Gasteiger partial charge in [-0.1, -0.05) is 12.1 Å². The minimum atomic E-state index is -0.951. The van der Waals surface area contributed by atoms with Gasteiger partial charge in [-0.2, -0.15) is 0 Å². The van der Waals surface area contributed by atoms with Gasteiger partial charge in [0.2, 0.25) is 5.88 Å². The van der Waals surface area contributed by atoms with E-state index in [-0.39, 0.29) is 24.0 Å². The van der Waals surface area contributed by atoms with Crippen molar-refractivity contribution in [3.05, 3.63) is 46.3 Å². The maximum atomic E-state index is 10.6. The molecule has 2 rings (SSSR count). The molecule has 28 heavy (non-hydrogen) atoms. The largest absolute Gasteiger partial charge is 0.475 e. The molecule has 0 saturated heterocycles. The number of aromatic nitrogens is 1. The number of aliphatic hydroxyl groups is 1. The maximum Gasteiger partial charge on any atom is 0.213 e. The van der Waals surface area contributed by atoms with Crippen molar-refractivity contribution in [3.63, 3.8) is 0 Å². The highest BCUT2D eigenvalue weighted by Gasteiger charge is 2.24. The van der Waals surface area contributed by atoms with Gasteiger partial charge >= 0.3 is 0 Å². The number of nitrogens with zero attached hydrogens (tertiary/aromatic N) is 2. The number of hydrogen-bond acceptors (Lipinski definition) is 6. The van der Waals surface area contributed by atoms with Crippen LogP contribution in [0.5, 0.6) is 5.88 Å². The zero-order valence-electron chi connectivity index (χ0n) is 16.5. The maximum absolute atomic E-state index is 10.6. The second kappa shape index (κ2) is 12.9. The Labute approximate surface area is 187 Å². The fourth-order valence-electron chi connectivity index (χ4n) is 2.26. The van der Waals surface area contributed by atoms with Gasteiger partial charge in [0.15, 0.2) is 5.96 Å². The average Bonchev–Trinajstić information content (AvgIpc) is 3.21. The summed E-state index contributed by atoms with van der Waals surface area (Å²) >= 11 is 1.54. The highest BCUT2D eigenvalue weighted by Crippen LogP contribution is 2.24. The first-order chi connectivity index (χ1) is 13.0. The highest BCUT2D eigenvalue weighted by atomic mass is 127. The highest BCUT2D eigenvalue weighted by molar-refractivity contribution is 14.0. The summed E-state index contributed by atoms with van der Waals surface area (Å²) in [5.74, 6) is 1.21. The Bertz CT molecular complexity index is 694. The Morgan fingerprint density at radius 1 is 1.29 bits per heavy atom. The summed E-state index contributed by atoms with van der Waals surface area (Å²) in [4.78, 5) is 9.74. The number of nitrogens with one attached hydrogen (secondary N) is 2. The molecule has 0 spiro atoms. The smallest absolute Gasteiger partial charge is 0.213 e. The molecule has 2 heterocycles. The molecule has 9 heteroatoms. The molecule has 0 aliphatic heterocycles. The van der Waals surface area contributed by atoms with E-state index in [0.717, 1.165) is 17.0 Å². The van der Waals surface area contributed by atoms with Crippen LogP contribution in [0.15, 0.2) is 40.8 Å². The molecule has 0 bridgehead atoms. The quantitative estimate of drug-likeness (QED) is 0.193. The van der Waals surface area contributed by atoms with Crippen molar-refractivity contribution >= 4 is 41.3 Å². The normalized spacial score (nSPS) is 13.4. The minimum Gasteiger partial charge on any atom is -0.475 e. The standard InChI is InChI=1S/C19H28N4O3S.HI/c1-4-20-18(23-14-19(2,24)16-6-5-11-27-16)22-13-15-7-8-17(21-12-15)26-10-9-25-3;/h5-8,11-12,24H,4,9-10,13-14H2,1-3H3,(H2,20,22,23);1H. The summed E-state index contributed by atoms with van der Waals surface area (Å²) in [6, 6.07) is 7.62. The van der Waals surface area contributed by atoms with Crippen molar-refractivity contribution in [1.82, 2.24) is 15.6 Å². The molecular weight excluding hydrogens is 491 g/mol. The van der Waals surface area contributed by atoms with Gasteiger partial charge in [0, 0.05) is 30.8 Å². The molecule has 2 aromatic heterocycles. The number of thiophene rings is 1. The van der Waals surface area contributed by atoms with Crippen LogP contribution >= 0.6 is 35.3 Å². The van der Waals surface area contributed by atoms with E-state index in [2.05, 4.69) is 20.6 Å². The lowest BCUT2D eigenvalue weighted by Gasteiger charge is -2.23. The van der Waals surface area contributed by atoms with Gasteiger partial charge in [0.25, 0.3) is 0 Å². The van der Waals surface area contributed by atoms with Gasteiger partial charge in [0.05, 0.1) is 19.7 Å². The van der Waals surface area contributed by atoms with E-state index in [1.807, 2.05) is 36.6 Å². The monoisotopic (exact) mass is 520 g/mol. The Balaban J connectivity index is 0.00000392. The number of hydrogen-bond donors (Lipinski definition) is 3. The van der Waals surface area contributed by atoms with Crippen LogP contribution in [0.25, 0.3) is 0 Å². The van der Waals surface area contributed by atoms with Crippen LogP contribution in [-0.2, 0) is 16.9 Å². The van der Waals surface area contributed by atoms with E-state index in [4.69, 9.17) is 9.47 Å². The van der Waals surface area contributed by atoms with Crippen LogP contribution in [0.1, 0.15) is 24.3 Å². The van der Waals surface area contributed by atoms with Gasteiger partial charge in [-0.25, -0.2) is 9.98 Å². The molecule has 0 amide bonds. The van der Waals surface area contributed by atoms with E-state index in [1.165, 1.54) is 11.3 Å². The first-order valence-electron chi connectivity index (χ1n) is 8.90. The first-order valence-corrected chi connectivity index (χ1v) is 9.78. The number of pyridine rings is 1. The fraction of sp³-hybridized carbons (Fsp3) is 0.474. The summed E-state index contributed by atoms with van der Waals surface area (Å²) in [5, 5.41) is 19.0. The minimum absolute atomic E-state index is 0. The summed E-state index contributed by atoms with van der Waals surface area (Å²) in [7, 11) is 1.63. The third-order valence-electron chi connectivity index (χ3n) is 3.75. The summed E-state index contributed by atoms with van der Waals surface area (Å²) in [6.45, 7) is 6.37. The predicted octanol–water partition coefficient (Wildman–Crippen LogP) is 2.75. The zero-order valence-corrected chi connectivity index (χ0v) is 19.6. The topological polar surface area (TPSA) is 88.0 Å². The summed E-state index contributed by atoms with van der Waals surface area (Å²) in [5.41, 5.74) is 0.0175. The van der Waals surface area contributed by atoms with Crippen LogP contribution in [-0.4, -0.2) is 49.5 Å². The van der Waals surface area contributed by atoms with Crippen LogP contribution < -0.4 is 15.4 Å². The summed E-state index contributed by atoms with van der Waals surface area (Å²) < 4.78 is 10.4. The van der Waals surface area contributed by atoms with E-state index in [1.54, 1.807) is 20.2 Å². The molecule has 3 N–H and O–H groups in total. The molecule has 7 nitrogen and oxygen atoms in total. The van der Waals surface area contributed by atoms with E-state index < -0.39 is 5.60 Å². The van der Waals surface area contributed by atoms with Gasteiger partial charge in [-0.15, -0.1) is 35.3 Å².